The molecule has 4 nitrogen and oxygen atoms in total. The summed E-state index contributed by atoms with van der Waals surface area (Å²) in [6, 6.07) is 0. The Hall–Kier alpha value is -1.21. The molecule has 0 aromatic carbocycles. The second kappa shape index (κ2) is 3.74. The number of nitrogens with zero attached hydrogens (tertiary/aromatic N) is 2. The van der Waals surface area contributed by atoms with Crippen molar-refractivity contribution in [2.45, 2.75) is 25.2 Å². The van der Waals surface area contributed by atoms with Crippen molar-refractivity contribution < 1.29 is 13.2 Å². The van der Waals surface area contributed by atoms with Crippen molar-refractivity contribution in [2.24, 2.45) is 11.5 Å². The van der Waals surface area contributed by atoms with Crippen molar-refractivity contribution >= 4 is 0 Å². The quantitative estimate of drug-likeness (QED) is 0.728. The average Bonchev–Trinajstić information content (AvgIpc) is 2.17. The van der Waals surface area contributed by atoms with Crippen LogP contribution in [0.3, 0.4) is 0 Å². The summed E-state index contributed by atoms with van der Waals surface area (Å²) in [5.74, 6) is -1.20. The molecule has 1 heterocycles. The number of rotatable bonds is 2. The molecule has 0 unspecified atom stereocenters. The molecule has 0 fully saturated rings. The van der Waals surface area contributed by atoms with Crippen molar-refractivity contribution in [2.75, 3.05) is 0 Å². The molecule has 4 N–H and O–H groups in total. The van der Waals surface area contributed by atoms with Gasteiger partial charge in [-0.25, -0.2) is 9.97 Å². The number of nitrogens with two attached hydrogens (primary N) is 2. The molecule has 0 spiro atoms. The van der Waals surface area contributed by atoms with Crippen LogP contribution >= 0.6 is 0 Å². The van der Waals surface area contributed by atoms with E-state index in [-0.39, 0.29) is 5.56 Å². The maximum atomic E-state index is 12.1. The minimum atomic E-state index is -4.55. The van der Waals surface area contributed by atoms with Gasteiger partial charge in [0.15, 0.2) is 0 Å². The molecule has 1 aromatic rings. The Balaban J connectivity index is 3.01. The lowest BCUT2D eigenvalue weighted by Gasteiger charge is -2.22. The number of hydrogen-bond acceptors (Lipinski definition) is 4. The summed E-state index contributed by atoms with van der Waals surface area (Å²) >= 11 is 0. The first-order valence-electron chi connectivity index (χ1n) is 4.25. The molecule has 84 valence electrons. The minimum absolute atomic E-state index is 0.276. The monoisotopic (exact) mass is 220 g/mol. The third kappa shape index (κ3) is 2.63. The lowest BCUT2D eigenvalue weighted by atomic mass is 10.0. The van der Waals surface area contributed by atoms with Crippen LogP contribution in [0.4, 0.5) is 13.2 Å². The highest BCUT2D eigenvalue weighted by atomic mass is 19.4. The highest BCUT2D eigenvalue weighted by Crippen LogP contribution is 2.26. The molecule has 7 heteroatoms. The summed E-state index contributed by atoms with van der Waals surface area (Å²) in [4.78, 5) is 6.34. The van der Waals surface area contributed by atoms with E-state index < -0.39 is 17.7 Å². The molecule has 1 aromatic heterocycles. The zero-order chi connectivity index (χ0) is 11.7. The van der Waals surface area contributed by atoms with Crippen molar-refractivity contribution in [3.8, 4) is 0 Å². The van der Waals surface area contributed by atoms with Gasteiger partial charge in [0.05, 0.1) is 5.66 Å². The first-order valence-corrected chi connectivity index (χ1v) is 4.25. The van der Waals surface area contributed by atoms with Crippen LogP contribution in [0, 0.1) is 0 Å². The molecule has 0 saturated heterocycles. The maximum Gasteiger partial charge on any atom is 0.451 e. The van der Waals surface area contributed by atoms with Gasteiger partial charge in [0.2, 0.25) is 5.82 Å². The van der Waals surface area contributed by atoms with E-state index in [9.17, 15) is 13.2 Å². The van der Waals surface area contributed by atoms with Crippen molar-refractivity contribution in [3.63, 3.8) is 0 Å². The van der Waals surface area contributed by atoms with Gasteiger partial charge in [-0.05, 0) is 6.42 Å². The van der Waals surface area contributed by atoms with E-state index in [4.69, 9.17) is 11.5 Å². The molecular weight excluding hydrogens is 209 g/mol. The molecule has 0 aliphatic carbocycles. The first kappa shape index (κ1) is 11.9. The van der Waals surface area contributed by atoms with Gasteiger partial charge in [-0.2, -0.15) is 13.2 Å². The highest BCUT2D eigenvalue weighted by Gasteiger charge is 2.34. The maximum absolute atomic E-state index is 12.1. The van der Waals surface area contributed by atoms with E-state index in [0.29, 0.717) is 6.42 Å². The predicted octanol–water partition coefficient (Wildman–Crippen LogP) is 0.976. The topological polar surface area (TPSA) is 77.8 Å². The van der Waals surface area contributed by atoms with Crippen LogP contribution in [0.15, 0.2) is 12.4 Å². The average molecular weight is 220 g/mol. The van der Waals surface area contributed by atoms with E-state index in [1.54, 1.807) is 6.92 Å². The Bertz CT molecular complexity index is 331. The molecule has 0 atom stereocenters. The highest BCUT2D eigenvalue weighted by molar-refractivity contribution is 5.15. The lowest BCUT2D eigenvalue weighted by Crippen LogP contribution is -2.45. The Morgan fingerprint density at radius 1 is 1.20 bits per heavy atom. The number of alkyl halides is 3. The standard InChI is InChI=1S/C8H11F3N4/c1-2-7(12,13)5-3-14-6(15-4-5)8(9,10)11/h3-4H,2,12-13H2,1H3. The molecule has 0 amide bonds. The zero-order valence-electron chi connectivity index (χ0n) is 8.04. The van der Waals surface area contributed by atoms with E-state index in [1.165, 1.54) is 0 Å². The summed E-state index contributed by atoms with van der Waals surface area (Å²) in [5, 5.41) is 0. The second-order valence-corrected chi connectivity index (χ2v) is 3.19. The third-order valence-electron chi connectivity index (χ3n) is 2.03. The fraction of sp³-hybridized carbons (Fsp3) is 0.500. The predicted molar refractivity (Wildman–Crippen MR) is 47.4 cm³/mol. The molecular formula is C8H11F3N4. The second-order valence-electron chi connectivity index (χ2n) is 3.19. The summed E-state index contributed by atoms with van der Waals surface area (Å²) in [5.41, 5.74) is 10.3. The molecule has 1 rings (SSSR count). The van der Waals surface area contributed by atoms with Gasteiger partial charge in [0.1, 0.15) is 0 Å². The Kier molecular flexibility index (Phi) is 2.96. The summed E-state index contributed by atoms with van der Waals surface area (Å²) in [7, 11) is 0. The van der Waals surface area contributed by atoms with Crippen LogP contribution in [0.25, 0.3) is 0 Å². The fourth-order valence-corrected chi connectivity index (χ4v) is 0.919. The molecule has 15 heavy (non-hydrogen) atoms. The Morgan fingerprint density at radius 2 is 1.67 bits per heavy atom. The number of halogens is 3. The van der Waals surface area contributed by atoms with Crippen LogP contribution < -0.4 is 11.5 Å². The summed E-state index contributed by atoms with van der Waals surface area (Å²) in [6.45, 7) is 1.72. The van der Waals surface area contributed by atoms with Crippen LogP contribution in [0.2, 0.25) is 0 Å². The fourth-order valence-electron chi connectivity index (χ4n) is 0.919. The molecule has 0 saturated carbocycles. The van der Waals surface area contributed by atoms with Crippen molar-refractivity contribution in [1.82, 2.24) is 9.97 Å². The SMILES string of the molecule is CCC(N)(N)c1cnc(C(F)(F)F)nc1. The molecule has 0 aliphatic rings. The number of hydrogen-bond donors (Lipinski definition) is 2. The van der Waals surface area contributed by atoms with Crippen LogP contribution in [0.5, 0.6) is 0 Å². The van der Waals surface area contributed by atoms with Gasteiger partial charge in [0.25, 0.3) is 0 Å². The van der Waals surface area contributed by atoms with Gasteiger partial charge >= 0.3 is 6.18 Å². The van der Waals surface area contributed by atoms with Gasteiger partial charge < -0.3 is 11.5 Å². The van der Waals surface area contributed by atoms with Gasteiger partial charge in [0, 0.05) is 18.0 Å². The van der Waals surface area contributed by atoms with E-state index in [0.717, 1.165) is 12.4 Å². The Labute approximate surface area is 84.5 Å². The van der Waals surface area contributed by atoms with E-state index in [2.05, 4.69) is 9.97 Å². The van der Waals surface area contributed by atoms with E-state index in [1.807, 2.05) is 0 Å². The smallest absolute Gasteiger partial charge is 0.310 e. The summed E-state index contributed by atoms with van der Waals surface area (Å²) in [6.07, 6.45) is -2.17. The van der Waals surface area contributed by atoms with Crippen LogP contribution in [-0.2, 0) is 11.8 Å². The van der Waals surface area contributed by atoms with E-state index >= 15 is 0 Å². The zero-order valence-corrected chi connectivity index (χ0v) is 8.04. The van der Waals surface area contributed by atoms with Gasteiger partial charge in [-0.15, -0.1) is 0 Å². The van der Waals surface area contributed by atoms with Crippen LogP contribution in [0.1, 0.15) is 24.7 Å². The number of aromatic nitrogens is 2. The molecule has 0 bridgehead atoms. The third-order valence-corrected chi connectivity index (χ3v) is 2.03. The van der Waals surface area contributed by atoms with Crippen LogP contribution in [-0.4, -0.2) is 9.97 Å². The van der Waals surface area contributed by atoms with Gasteiger partial charge in [-0.3, -0.25) is 0 Å². The molecule has 0 aliphatic heterocycles. The normalized spacial score (nSPS) is 12.9. The largest absolute Gasteiger partial charge is 0.451 e. The molecule has 0 radical (unpaired) electrons. The first-order chi connectivity index (χ1) is 6.77. The van der Waals surface area contributed by atoms with Crippen molar-refractivity contribution in [1.29, 1.82) is 0 Å². The van der Waals surface area contributed by atoms with Gasteiger partial charge in [-0.1, -0.05) is 6.92 Å². The van der Waals surface area contributed by atoms with Crippen molar-refractivity contribution in [3.05, 3.63) is 23.8 Å². The summed E-state index contributed by atoms with van der Waals surface area (Å²) < 4.78 is 36.3. The Morgan fingerprint density at radius 3 is 2.00 bits per heavy atom. The lowest BCUT2D eigenvalue weighted by molar-refractivity contribution is -0.145. The minimum Gasteiger partial charge on any atom is -0.310 e.